The molecule has 1 saturated heterocycles. The monoisotopic (exact) mass is 249 g/mol. The maximum Gasteiger partial charge on any atom is 0.238 e. The number of phenols is 1. The number of benzene rings is 1. The molecule has 5 nitrogen and oxygen atoms in total. The lowest BCUT2D eigenvalue weighted by atomic mass is 10.1. The van der Waals surface area contributed by atoms with Crippen LogP contribution in [0, 0.1) is 0 Å². The van der Waals surface area contributed by atoms with Gasteiger partial charge in [0.2, 0.25) is 5.91 Å². The van der Waals surface area contributed by atoms with Crippen LogP contribution < -0.4 is 10.6 Å². The van der Waals surface area contributed by atoms with Crippen LogP contribution in [0.5, 0.6) is 5.75 Å². The van der Waals surface area contributed by atoms with E-state index in [1.54, 1.807) is 19.2 Å². The van der Waals surface area contributed by atoms with E-state index in [9.17, 15) is 9.90 Å². The maximum absolute atomic E-state index is 11.8. The third kappa shape index (κ3) is 2.80. The zero-order chi connectivity index (χ0) is 13.0. The number of amides is 1. The van der Waals surface area contributed by atoms with E-state index >= 15 is 0 Å². The third-order valence-corrected chi connectivity index (χ3v) is 3.27. The van der Waals surface area contributed by atoms with Crippen molar-refractivity contribution in [1.29, 1.82) is 0 Å². The van der Waals surface area contributed by atoms with Gasteiger partial charge < -0.3 is 15.7 Å². The van der Waals surface area contributed by atoms with E-state index in [1.165, 1.54) is 0 Å². The van der Waals surface area contributed by atoms with E-state index in [1.807, 2.05) is 12.1 Å². The van der Waals surface area contributed by atoms with E-state index in [2.05, 4.69) is 15.5 Å². The molecule has 98 valence electrons. The second-order valence-corrected chi connectivity index (χ2v) is 4.43. The summed E-state index contributed by atoms with van der Waals surface area (Å²) in [5.41, 5.74) is 0.855. The molecular weight excluding hydrogens is 230 g/mol. The van der Waals surface area contributed by atoms with E-state index < -0.39 is 0 Å². The van der Waals surface area contributed by atoms with Crippen LogP contribution in [0.1, 0.15) is 5.56 Å². The Kier molecular flexibility index (Phi) is 4.17. The third-order valence-electron chi connectivity index (χ3n) is 3.27. The molecule has 1 aliphatic heterocycles. The minimum absolute atomic E-state index is 0.0117. The van der Waals surface area contributed by atoms with Gasteiger partial charge in [-0.3, -0.25) is 9.69 Å². The summed E-state index contributed by atoms with van der Waals surface area (Å²) in [5.74, 6) is 0.296. The van der Waals surface area contributed by atoms with Gasteiger partial charge in [0.1, 0.15) is 11.8 Å². The molecule has 0 aromatic heterocycles. The summed E-state index contributed by atoms with van der Waals surface area (Å²) in [4.78, 5) is 13.9. The topological polar surface area (TPSA) is 64.6 Å². The highest BCUT2D eigenvalue weighted by Crippen LogP contribution is 2.19. The minimum Gasteiger partial charge on any atom is -0.508 e. The lowest BCUT2D eigenvalue weighted by Crippen LogP contribution is -2.56. The number of para-hydroxylation sites is 1. The normalized spacial score (nSPS) is 20.6. The summed E-state index contributed by atoms with van der Waals surface area (Å²) < 4.78 is 0. The molecule has 1 aromatic rings. The Balaban J connectivity index is 2.10. The molecule has 18 heavy (non-hydrogen) atoms. The Labute approximate surface area is 107 Å². The quantitative estimate of drug-likeness (QED) is 0.700. The van der Waals surface area contributed by atoms with Crippen molar-refractivity contribution < 1.29 is 9.90 Å². The Morgan fingerprint density at radius 3 is 3.06 bits per heavy atom. The zero-order valence-corrected chi connectivity index (χ0v) is 10.5. The van der Waals surface area contributed by atoms with Crippen molar-refractivity contribution in [3.63, 3.8) is 0 Å². The predicted molar refractivity (Wildman–Crippen MR) is 69.2 cm³/mol. The summed E-state index contributed by atoms with van der Waals surface area (Å²) in [7, 11) is 1.65. The molecular formula is C13H19N3O2. The fraction of sp³-hybridized carbons (Fsp3) is 0.462. The summed E-state index contributed by atoms with van der Waals surface area (Å²) in [6.45, 7) is 2.90. The first-order valence-electron chi connectivity index (χ1n) is 6.15. The van der Waals surface area contributed by atoms with Crippen LogP contribution >= 0.6 is 0 Å². The van der Waals surface area contributed by atoms with Crippen LogP contribution in [0.15, 0.2) is 24.3 Å². The van der Waals surface area contributed by atoms with Crippen molar-refractivity contribution in [3.05, 3.63) is 29.8 Å². The Morgan fingerprint density at radius 2 is 2.33 bits per heavy atom. The van der Waals surface area contributed by atoms with Gasteiger partial charge in [-0.25, -0.2) is 0 Å². The van der Waals surface area contributed by atoms with Gasteiger partial charge in [-0.1, -0.05) is 18.2 Å². The largest absolute Gasteiger partial charge is 0.508 e. The Bertz CT molecular complexity index is 422. The number of carbonyl (C=O) groups is 1. The van der Waals surface area contributed by atoms with Crippen molar-refractivity contribution in [2.24, 2.45) is 0 Å². The first kappa shape index (κ1) is 12.9. The van der Waals surface area contributed by atoms with Gasteiger partial charge in [0.05, 0.1) is 0 Å². The van der Waals surface area contributed by atoms with Crippen molar-refractivity contribution in [2.45, 2.75) is 12.6 Å². The first-order chi connectivity index (χ1) is 8.72. The van der Waals surface area contributed by atoms with Crippen LogP contribution in [-0.4, -0.2) is 48.6 Å². The fourth-order valence-corrected chi connectivity index (χ4v) is 2.22. The minimum atomic E-state index is -0.177. The second-order valence-electron chi connectivity index (χ2n) is 4.43. The van der Waals surface area contributed by atoms with Crippen LogP contribution in [-0.2, 0) is 11.3 Å². The van der Waals surface area contributed by atoms with Crippen LogP contribution in [0.4, 0.5) is 0 Å². The predicted octanol–water partition coefficient (Wildman–Crippen LogP) is -0.0880. The van der Waals surface area contributed by atoms with Crippen LogP contribution in [0.25, 0.3) is 0 Å². The van der Waals surface area contributed by atoms with E-state index in [4.69, 9.17) is 0 Å². The molecule has 0 saturated carbocycles. The van der Waals surface area contributed by atoms with Crippen molar-refractivity contribution in [2.75, 3.05) is 26.7 Å². The fourth-order valence-electron chi connectivity index (χ4n) is 2.22. The summed E-state index contributed by atoms with van der Waals surface area (Å²) in [5, 5.41) is 15.7. The van der Waals surface area contributed by atoms with E-state index in [-0.39, 0.29) is 17.7 Å². The molecule has 0 radical (unpaired) electrons. The molecule has 0 spiro atoms. The molecule has 1 fully saturated rings. The van der Waals surface area contributed by atoms with Gasteiger partial charge in [0.15, 0.2) is 0 Å². The standard InChI is InChI=1S/C13H19N3O2/c1-14-13(18)11-8-15-6-7-16(11)9-10-4-2-3-5-12(10)17/h2-5,11,15,17H,6-9H2,1H3,(H,14,18). The molecule has 1 heterocycles. The van der Waals surface area contributed by atoms with Crippen molar-refractivity contribution in [1.82, 2.24) is 15.5 Å². The highest BCUT2D eigenvalue weighted by Gasteiger charge is 2.28. The molecule has 1 unspecified atom stereocenters. The number of hydrogen-bond donors (Lipinski definition) is 3. The summed E-state index contributed by atoms with van der Waals surface area (Å²) in [6.07, 6.45) is 0. The summed E-state index contributed by atoms with van der Waals surface area (Å²) in [6, 6.07) is 7.08. The van der Waals surface area contributed by atoms with Gasteiger partial charge in [-0.15, -0.1) is 0 Å². The SMILES string of the molecule is CNC(=O)C1CNCCN1Cc1ccccc1O. The average molecular weight is 249 g/mol. The lowest BCUT2D eigenvalue weighted by Gasteiger charge is -2.34. The van der Waals surface area contributed by atoms with Crippen molar-refractivity contribution >= 4 is 5.91 Å². The average Bonchev–Trinajstić information content (AvgIpc) is 2.41. The zero-order valence-electron chi connectivity index (χ0n) is 10.5. The number of piperazine rings is 1. The molecule has 1 atom stereocenters. The molecule has 1 aromatic carbocycles. The van der Waals surface area contributed by atoms with E-state index in [0.717, 1.165) is 18.7 Å². The highest BCUT2D eigenvalue weighted by atomic mass is 16.3. The van der Waals surface area contributed by atoms with Crippen LogP contribution in [0.2, 0.25) is 0 Å². The Hall–Kier alpha value is -1.59. The Morgan fingerprint density at radius 1 is 1.56 bits per heavy atom. The second kappa shape index (κ2) is 5.84. The highest BCUT2D eigenvalue weighted by molar-refractivity contribution is 5.81. The lowest BCUT2D eigenvalue weighted by molar-refractivity contribution is -0.126. The van der Waals surface area contributed by atoms with Gasteiger partial charge in [-0.2, -0.15) is 0 Å². The molecule has 0 aliphatic carbocycles. The number of aromatic hydroxyl groups is 1. The number of rotatable bonds is 3. The smallest absolute Gasteiger partial charge is 0.238 e. The van der Waals surface area contributed by atoms with Gasteiger partial charge in [-0.05, 0) is 6.07 Å². The summed E-state index contributed by atoms with van der Waals surface area (Å²) >= 11 is 0. The maximum atomic E-state index is 11.8. The van der Waals surface area contributed by atoms with Gasteiger partial charge in [0.25, 0.3) is 0 Å². The van der Waals surface area contributed by atoms with Gasteiger partial charge in [0, 0.05) is 38.8 Å². The molecule has 2 rings (SSSR count). The molecule has 1 amide bonds. The number of nitrogens with zero attached hydrogens (tertiary/aromatic N) is 1. The molecule has 0 bridgehead atoms. The van der Waals surface area contributed by atoms with Crippen molar-refractivity contribution in [3.8, 4) is 5.75 Å². The molecule has 3 N–H and O–H groups in total. The van der Waals surface area contributed by atoms with Gasteiger partial charge >= 0.3 is 0 Å². The number of carbonyl (C=O) groups excluding carboxylic acids is 1. The van der Waals surface area contributed by atoms with Crippen LogP contribution in [0.3, 0.4) is 0 Å². The molecule has 1 aliphatic rings. The molecule has 5 heteroatoms. The number of nitrogens with one attached hydrogen (secondary N) is 2. The first-order valence-corrected chi connectivity index (χ1v) is 6.15. The van der Waals surface area contributed by atoms with E-state index in [0.29, 0.717) is 13.1 Å². The number of phenolic OH excluding ortho intramolecular Hbond substituents is 1. The number of likely N-dealkylation sites (N-methyl/N-ethyl adjacent to an activating group) is 1. The number of hydrogen-bond acceptors (Lipinski definition) is 4.